The van der Waals surface area contributed by atoms with Crippen molar-refractivity contribution in [2.45, 2.75) is 39.6 Å². The number of carbonyl (C=O) groups is 2. The van der Waals surface area contributed by atoms with Gasteiger partial charge in [0.05, 0.1) is 30.1 Å². The fourth-order valence-electron chi connectivity index (χ4n) is 1.63. The van der Waals surface area contributed by atoms with Crippen LogP contribution in [0, 0.1) is 11.1 Å². The van der Waals surface area contributed by atoms with Crippen LogP contribution in [0.4, 0.5) is 4.79 Å². The molecule has 0 aromatic rings. The molecule has 0 aliphatic carbocycles. The van der Waals surface area contributed by atoms with E-state index in [2.05, 4.69) is 10.0 Å². The van der Waals surface area contributed by atoms with Crippen LogP contribution in [0.2, 0.25) is 0 Å². The van der Waals surface area contributed by atoms with Gasteiger partial charge in [0.25, 0.3) is 6.29 Å². The third kappa shape index (κ3) is 5.71. The third-order valence-electron chi connectivity index (χ3n) is 2.62. The lowest BCUT2D eigenvalue weighted by atomic mass is 10.1. The molecule has 0 aromatic carbocycles. The highest BCUT2D eigenvalue weighted by Crippen LogP contribution is 2.16. The maximum Gasteiger partial charge on any atom is 0.511 e. The average molecular weight is 305 g/mol. The Morgan fingerprint density at radius 2 is 2.05 bits per heavy atom. The van der Waals surface area contributed by atoms with Crippen LogP contribution in [0.15, 0.2) is 5.28 Å². The summed E-state index contributed by atoms with van der Waals surface area (Å²) < 4.78 is 9.40. The number of hydrazine groups is 1. The molecule has 1 rings (SSSR count). The van der Waals surface area contributed by atoms with Crippen molar-refractivity contribution < 1.29 is 34.0 Å². The number of rotatable bonds is 6. The Kier molecular flexibility index (Phi) is 6.00. The van der Waals surface area contributed by atoms with E-state index in [9.17, 15) is 14.8 Å². The van der Waals surface area contributed by atoms with Crippen molar-refractivity contribution in [1.29, 1.82) is 0 Å². The summed E-state index contributed by atoms with van der Waals surface area (Å²) in [5.41, 5.74) is 0. The van der Waals surface area contributed by atoms with Crippen LogP contribution in [-0.4, -0.2) is 52.7 Å². The van der Waals surface area contributed by atoms with E-state index in [0.29, 0.717) is 6.42 Å². The van der Waals surface area contributed by atoms with Gasteiger partial charge in [-0.05, 0) is 20.3 Å². The molecule has 1 N–H and O–H groups in total. The van der Waals surface area contributed by atoms with E-state index in [4.69, 9.17) is 14.7 Å². The summed E-state index contributed by atoms with van der Waals surface area (Å²) in [5, 5.41) is 24.8. The Hall–Kier alpha value is -2.26. The monoisotopic (exact) mass is 305 g/mol. The van der Waals surface area contributed by atoms with E-state index in [-0.39, 0.29) is 24.2 Å². The summed E-state index contributed by atoms with van der Waals surface area (Å²) >= 11 is 0. The molecule has 2 unspecified atom stereocenters. The molecule has 21 heavy (non-hydrogen) atoms. The second-order valence-electron chi connectivity index (χ2n) is 4.78. The molecule has 1 fully saturated rings. The molecule has 2 atom stereocenters. The fourth-order valence-corrected chi connectivity index (χ4v) is 1.63. The maximum absolute atomic E-state index is 11.6. The van der Waals surface area contributed by atoms with Gasteiger partial charge >= 0.3 is 12.1 Å². The van der Waals surface area contributed by atoms with Crippen LogP contribution in [-0.2, 0) is 19.1 Å². The molecule has 0 spiro atoms. The van der Waals surface area contributed by atoms with Gasteiger partial charge in [-0.15, -0.1) is 5.01 Å². The van der Waals surface area contributed by atoms with Crippen molar-refractivity contribution in [1.82, 2.24) is 5.01 Å². The van der Waals surface area contributed by atoms with E-state index in [0.717, 1.165) is 0 Å². The van der Waals surface area contributed by atoms with Crippen molar-refractivity contribution in [3.8, 4) is 0 Å². The van der Waals surface area contributed by atoms with Crippen molar-refractivity contribution >= 4 is 12.1 Å². The summed E-state index contributed by atoms with van der Waals surface area (Å²) in [7, 11) is 0. The minimum absolute atomic E-state index is 0.0519. The Labute approximate surface area is 121 Å². The standard InChI is InChI=1S/C11H19N3O7/c1-7(2)19-11(17)20-8(3)21-12-14(18)13-5-4-9(6-13)10(15)16/h7-9H,4-6H2,1-3H3,(H,15,16). The molecule has 0 bridgehead atoms. The predicted octanol–water partition coefficient (Wildman–Crippen LogP) is 1.11. The van der Waals surface area contributed by atoms with Crippen molar-refractivity contribution in [2.75, 3.05) is 13.1 Å². The quantitative estimate of drug-likeness (QED) is 0.254. The number of nitrogens with zero attached hydrogens (tertiary/aromatic N) is 3. The first-order chi connectivity index (χ1) is 9.79. The van der Waals surface area contributed by atoms with Crippen molar-refractivity contribution in [3.63, 3.8) is 0 Å². The van der Waals surface area contributed by atoms with Gasteiger partial charge in [0, 0.05) is 6.92 Å². The highest BCUT2D eigenvalue weighted by atomic mass is 16.8. The molecule has 0 radical (unpaired) electrons. The normalized spacial score (nSPS) is 20.3. The van der Waals surface area contributed by atoms with Gasteiger partial charge in [0.2, 0.25) is 5.28 Å². The first-order valence-electron chi connectivity index (χ1n) is 6.48. The van der Waals surface area contributed by atoms with Crippen LogP contribution in [0.3, 0.4) is 0 Å². The molecule has 120 valence electrons. The SMILES string of the molecule is CC(C)OC(=O)OC(C)ON=[N+]([O-])N1CCC(C(=O)O)C1. The van der Waals surface area contributed by atoms with Crippen molar-refractivity contribution in [3.05, 3.63) is 5.21 Å². The molecule has 0 saturated carbocycles. The second-order valence-corrected chi connectivity index (χ2v) is 4.78. The highest BCUT2D eigenvalue weighted by molar-refractivity contribution is 5.70. The van der Waals surface area contributed by atoms with Gasteiger partial charge in [0.1, 0.15) is 0 Å². The molecule has 1 aliphatic heterocycles. The number of aliphatic carboxylic acids is 1. The van der Waals surface area contributed by atoms with Crippen LogP contribution in [0.1, 0.15) is 27.2 Å². The average Bonchev–Trinajstić information content (AvgIpc) is 2.84. The lowest BCUT2D eigenvalue weighted by Crippen LogP contribution is -2.30. The van der Waals surface area contributed by atoms with Crippen LogP contribution < -0.4 is 0 Å². The predicted molar refractivity (Wildman–Crippen MR) is 66.6 cm³/mol. The topological polar surface area (TPSA) is 124 Å². The van der Waals surface area contributed by atoms with E-state index in [1.54, 1.807) is 13.8 Å². The zero-order valence-electron chi connectivity index (χ0n) is 12.1. The summed E-state index contributed by atoms with van der Waals surface area (Å²) in [6, 6.07) is 0. The van der Waals surface area contributed by atoms with Gasteiger partial charge in [-0.2, -0.15) is 0 Å². The summed E-state index contributed by atoms with van der Waals surface area (Å²) in [5.74, 6) is -1.56. The first-order valence-corrected chi connectivity index (χ1v) is 6.48. The number of carboxylic acids is 1. The molecule has 10 nitrogen and oxygen atoms in total. The Morgan fingerprint density at radius 3 is 2.57 bits per heavy atom. The molecule has 1 saturated heterocycles. The van der Waals surface area contributed by atoms with Gasteiger partial charge in [-0.3, -0.25) is 9.63 Å². The van der Waals surface area contributed by atoms with E-state index in [1.165, 1.54) is 11.9 Å². The van der Waals surface area contributed by atoms with Crippen LogP contribution in [0.25, 0.3) is 0 Å². The Bertz CT molecular complexity index is 413. The minimum atomic E-state index is -1.11. The smallest absolute Gasteiger partial charge is 0.511 e. The second kappa shape index (κ2) is 7.50. The Balaban J connectivity index is 2.38. The molecule has 0 aromatic heterocycles. The fraction of sp³-hybridized carbons (Fsp3) is 0.818. The summed E-state index contributed by atoms with van der Waals surface area (Å²) in [4.78, 5) is 26.8. The molecule has 0 amide bonds. The van der Waals surface area contributed by atoms with Gasteiger partial charge in [-0.1, -0.05) is 0 Å². The lowest BCUT2D eigenvalue weighted by Gasteiger charge is -2.14. The summed E-state index contributed by atoms with van der Waals surface area (Å²) in [6.07, 6.45) is -2.02. The first kappa shape index (κ1) is 16.8. The number of carboxylic acid groups (broad SMARTS) is 1. The maximum atomic E-state index is 11.6. The lowest BCUT2D eigenvalue weighted by molar-refractivity contribution is -0.709. The minimum Gasteiger partial charge on any atom is -0.569 e. The molecular formula is C11H19N3O7. The van der Waals surface area contributed by atoms with Gasteiger partial charge < -0.3 is 19.8 Å². The molecule has 1 heterocycles. The largest absolute Gasteiger partial charge is 0.569 e. The van der Waals surface area contributed by atoms with Crippen LogP contribution in [0.5, 0.6) is 0 Å². The zero-order chi connectivity index (χ0) is 16.0. The zero-order valence-corrected chi connectivity index (χ0v) is 12.1. The number of hydrogen-bond donors (Lipinski definition) is 1. The molecular weight excluding hydrogens is 286 g/mol. The Morgan fingerprint density at radius 1 is 1.38 bits per heavy atom. The summed E-state index contributed by atoms with van der Waals surface area (Å²) in [6.45, 7) is 4.99. The number of hydrogen-bond acceptors (Lipinski definition) is 7. The third-order valence-corrected chi connectivity index (χ3v) is 2.62. The number of ether oxygens (including phenoxy) is 2. The van der Waals surface area contributed by atoms with E-state index in [1.807, 2.05) is 0 Å². The van der Waals surface area contributed by atoms with Crippen LogP contribution >= 0.6 is 0 Å². The van der Waals surface area contributed by atoms with Gasteiger partial charge in [0.15, 0.2) is 0 Å². The molecule has 1 aliphatic rings. The highest BCUT2D eigenvalue weighted by Gasteiger charge is 2.33. The number of carbonyl (C=O) groups excluding carboxylic acids is 1. The molecule has 10 heteroatoms. The van der Waals surface area contributed by atoms with Crippen molar-refractivity contribution in [2.24, 2.45) is 11.2 Å². The van der Waals surface area contributed by atoms with Gasteiger partial charge in [-0.25, -0.2) is 4.79 Å². The van der Waals surface area contributed by atoms with E-state index >= 15 is 0 Å². The van der Waals surface area contributed by atoms with E-state index < -0.39 is 24.3 Å².